The van der Waals surface area contributed by atoms with Gasteiger partial charge in [-0.3, -0.25) is 4.90 Å². The third-order valence-corrected chi connectivity index (χ3v) is 7.87. The van der Waals surface area contributed by atoms with Gasteiger partial charge >= 0.3 is 0 Å². The molecule has 0 bridgehead atoms. The highest BCUT2D eigenvalue weighted by Gasteiger charge is 2.23. The maximum atomic E-state index is 12.7. The van der Waals surface area contributed by atoms with Crippen molar-refractivity contribution in [1.82, 2.24) is 9.62 Å². The number of nitrogens with one attached hydrogen (secondary N) is 1. The van der Waals surface area contributed by atoms with Gasteiger partial charge in [0.15, 0.2) is 0 Å². The quantitative estimate of drug-likeness (QED) is 0.580. The summed E-state index contributed by atoms with van der Waals surface area (Å²) in [7, 11) is -3.51. The third kappa shape index (κ3) is 6.00. The number of thioether (sulfide) groups is 1. The average molecular weight is 449 g/mol. The van der Waals surface area contributed by atoms with Crippen LogP contribution in [0.4, 0.5) is 0 Å². The molecule has 3 rings (SSSR count). The van der Waals surface area contributed by atoms with Gasteiger partial charge in [0.2, 0.25) is 10.0 Å². The number of ether oxygens (including phenoxy) is 1. The van der Waals surface area contributed by atoms with Crippen molar-refractivity contribution in [2.45, 2.75) is 43.0 Å². The Morgan fingerprint density at radius 2 is 1.90 bits per heavy atom. The number of piperidine rings is 1. The van der Waals surface area contributed by atoms with Crippen LogP contribution in [0.2, 0.25) is 0 Å². The molecule has 1 saturated heterocycles. The number of rotatable bonds is 9. The molecule has 1 fully saturated rings. The molecule has 5 nitrogen and oxygen atoms in total. The van der Waals surface area contributed by atoms with Crippen LogP contribution in [0.5, 0.6) is 5.75 Å². The summed E-state index contributed by atoms with van der Waals surface area (Å²) in [5, 5.41) is 0. The lowest BCUT2D eigenvalue weighted by molar-refractivity contribution is 0.177. The number of sulfonamides is 1. The molecule has 0 aliphatic carbocycles. The molecule has 1 N–H and O–H groups in total. The van der Waals surface area contributed by atoms with Crippen molar-refractivity contribution < 1.29 is 13.2 Å². The van der Waals surface area contributed by atoms with Gasteiger partial charge in [-0.25, -0.2) is 13.1 Å². The van der Waals surface area contributed by atoms with Crippen LogP contribution in [0, 0.1) is 12.8 Å². The summed E-state index contributed by atoms with van der Waals surface area (Å²) in [5.41, 5.74) is 2.20. The summed E-state index contributed by atoms with van der Waals surface area (Å²) < 4.78 is 33.7. The minimum absolute atomic E-state index is 0.301. The van der Waals surface area contributed by atoms with E-state index in [0.717, 1.165) is 43.8 Å². The zero-order valence-electron chi connectivity index (χ0n) is 18.1. The average Bonchev–Trinajstić information content (AvgIpc) is 2.75. The highest BCUT2D eigenvalue weighted by atomic mass is 32.2. The topological polar surface area (TPSA) is 58.6 Å². The lowest BCUT2D eigenvalue weighted by atomic mass is 9.97. The molecule has 1 heterocycles. The molecular formula is C23H32N2O3S2. The normalized spacial score (nSPS) is 16.0. The summed E-state index contributed by atoms with van der Waals surface area (Å²) in [6.45, 7) is 7.79. The van der Waals surface area contributed by atoms with E-state index in [9.17, 15) is 8.42 Å². The largest absolute Gasteiger partial charge is 0.494 e. The van der Waals surface area contributed by atoms with Crippen LogP contribution in [0.3, 0.4) is 0 Å². The van der Waals surface area contributed by atoms with Crippen LogP contribution in [-0.2, 0) is 16.6 Å². The maximum Gasteiger partial charge on any atom is 0.240 e. The Morgan fingerprint density at radius 1 is 1.17 bits per heavy atom. The van der Waals surface area contributed by atoms with Gasteiger partial charge in [-0.2, -0.15) is 0 Å². The molecule has 0 amide bonds. The smallest absolute Gasteiger partial charge is 0.240 e. The molecule has 7 heteroatoms. The predicted octanol–water partition coefficient (Wildman–Crippen LogP) is 4.31. The molecule has 164 valence electrons. The van der Waals surface area contributed by atoms with Gasteiger partial charge in [0.25, 0.3) is 0 Å². The van der Waals surface area contributed by atoms with Crippen molar-refractivity contribution in [3.63, 3.8) is 0 Å². The highest BCUT2D eigenvalue weighted by molar-refractivity contribution is 7.98. The van der Waals surface area contributed by atoms with E-state index in [4.69, 9.17) is 4.74 Å². The summed E-state index contributed by atoms with van der Waals surface area (Å²) >= 11 is 1.79. The van der Waals surface area contributed by atoms with E-state index in [1.54, 1.807) is 30.0 Å². The molecule has 0 aromatic heterocycles. The van der Waals surface area contributed by atoms with Gasteiger partial charge in [-0.1, -0.05) is 18.2 Å². The van der Waals surface area contributed by atoms with E-state index in [-0.39, 0.29) is 0 Å². The summed E-state index contributed by atoms with van der Waals surface area (Å²) in [4.78, 5) is 4.10. The van der Waals surface area contributed by atoms with Gasteiger partial charge in [0.05, 0.1) is 11.5 Å². The minimum atomic E-state index is -3.51. The first-order chi connectivity index (χ1) is 14.4. The van der Waals surface area contributed by atoms with E-state index >= 15 is 0 Å². The number of nitrogens with zero attached hydrogens (tertiary/aromatic N) is 1. The van der Waals surface area contributed by atoms with Crippen molar-refractivity contribution in [3.05, 3.63) is 53.6 Å². The molecule has 1 aliphatic rings. The fourth-order valence-electron chi connectivity index (χ4n) is 3.84. The Kier molecular flexibility index (Phi) is 8.22. The number of benzene rings is 2. The third-order valence-electron chi connectivity index (χ3n) is 5.61. The Morgan fingerprint density at radius 3 is 2.57 bits per heavy atom. The maximum absolute atomic E-state index is 12.7. The second kappa shape index (κ2) is 10.7. The highest BCUT2D eigenvalue weighted by Crippen LogP contribution is 2.25. The first-order valence-electron chi connectivity index (χ1n) is 10.5. The molecule has 0 atom stereocenters. The van der Waals surface area contributed by atoms with E-state index in [1.165, 1.54) is 10.5 Å². The van der Waals surface area contributed by atoms with E-state index < -0.39 is 10.0 Å². The van der Waals surface area contributed by atoms with E-state index in [0.29, 0.717) is 24.0 Å². The van der Waals surface area contributed by atoms with Gasteiger partial charge in [-0.05, 0) is 87.3 Å². The van der Waals surface area contributed by atoms with Crippen LogP contribution in [0.1, 0.15) is 30.9 Å². The Hall–Kier alpha value is -1.54. The van der Waals surface area contributed by atoms with Crippen LogP contribution in [0.25, 0.3) is 0 Å². The SMILES string of the molecule is CCOc1ccc(S(=O)(=O)NCC2CCN(Cc3ccccc3SC)CC2)cc1C. The van der Waals surface area contributed by atoms with Crippen molar-refractivity contribution in [3.8, 4) is 5.75 Å². The second-order valence-electron chi connectivity index (χ2n) is 7.74. The van der Waals surface area contributed by atoms with E-state index in [1.807, 2.05) is 13.8 Å². The van der Waals surface area contributed by atoms with Gasteiger partial charge in [0.1, 0.15) is 5.75 Å². The summed E-state index contributed by atoms with van der Waals surface area (Å²) in [5.74, 6) is 1.10. The predicted molar refractivity (Wildman–Crippen MR) is 124 cm³/mol. The zero-order chi connectivity index (χ0) is 21.6. The lowest BCUT2D eigenvalue weighted by Crippen LogP contribution is -2.38. The molecule has 0 radical (unpaired) electrons. The first kappa shape index (κ1) is 23.1. The van der Waals surface area contributed by atoms with Crippen LogP contribution in [-0.4, -0.2) is 45.8 Å². The van der Waals surface area contributed by atoms with Crippen LogP contribution < -0.4 is 9.46 Å². The Bertz CT molecular complexity index is 939. The second-order valence-corrected chi connectivity index (χ2v) is 10.4. The number of hydrogen-bond acceptors (Lipinski definition) is 5. The van der Waals surface area contributed by atoms with Crippen molar-refractivity contribution >= 4 is 21.8 Å². The number of hydrogen-bond donors (Lipinski definition) is 1. The number of aryl methyl sites for hydroxylation is 1. The van der Waals surface area contributed by atoms with Crippen molar-refractivity contribution in [2.75, 3.05) is 32.5 Å². The van der Waals surface area contributed by atoms with Gasteiger partial charge in [-0.15, -0.1) is 11.8 Å². The van der Waals surface area contributed by atoms with Crippen LogP contribution in [0.15, 0.2) is 52.3 Å². The van der Waals surface area contributed by atoms with Gasteiger partial charge < -0.3 is 4.74 Å². The summed E-state index contributed by atoms with van der Waals surface area (Å²) in [6, 6.07) is 13.6. The van der Waals surface area contributed by atoms with Gasteiger partial charge in [0, 0.05) is 18.0 Å². The standard InChI is InChI=1S/C23H32N2O3S2/c1-4-28-22-10-9-21(15-18(22)2)30(26,27)24-16-19-11-13-25(14-12-19)17-20-7-5-6-8-23(20)29-3/h5-10,15,19,24H,4,11-14,16-17H2,1-3H3. The summed E-state index contributed by atoms with van der Waals surface area (Å²) in [6.07, 6.45) is 4.13. The fourth-order valence-corrected chi connectivity index (χ4v) is 5.65. The minimum Gasteiger partial charge on any atom is -0.494 e. The van der Waals surface area contributed by atoms with E-state index in [2.05, 4.69) is 40.1 Å². The molecule has 30 heavy (non-hydrogen) atoms. The molecule has 0 saturated carbocycles. The molecule has 1 aliphatic heterocycles. The lowest BCUT2D eigenvalue weighted by Gasteiger charge is -2.32. The Labute approximate surface area is 185 Å². The number of likely N-dealkylation sites (tertiary alicyclic amines) is 1. The molecule has 2 aromatic rings. The Balaban J connectivity index is 1.51. The monoisotopic (exact) mass is 448 g/mol. The fraction of sp³-hybridized carbons (Fsp3) is 0.478. The molecule has 0 spiro atoms. The zero-order valence-corrected chi connectivity index (χ0v) is 19.7. The van der Waals surface area contributed by atoms with Crippen molar-refractivity contribution in [1.29, 1.82) is 0 Å². The molecule has 0 unspecified atom stereocenters. The van der Waals surface area contributed by atoms with Crippen LogP contribution >= 0.6 is 11.8 Å². The first-order valence-corrected chi connectivity index (χ1v) is 13.2. The molecular weight excluding hydrogens is 416 g/mol. The van der Waals surface area contributed by atoms with Crippen molar-refractivity contribution in [2.24, 2.45) is 5.92 Å². The molecule has 2 aromatic carbocycles.